The summed E-state index contributed by atoms with van der Waals surface area (Å²) in [6.07, 6.45) is 1.23. The van der Waals surface area contributed by atoms with Gasteiger partial charge in [-0.1, -0.05) is 18.2 Å². The Balaban J connectivity index is 2.15. The molecule has 0 radical (unpaired) electrons. The summed E-state index contributed by atoms with van der Waals surface area (Å²) in [7, 11) is 0. The van der Waals surface area contributed by atoms with Crippen molar-refractivity contribution in [1.29, 1.82) is 0 Å². The van der Waals surface area contributed by atoms with E-state index in [0.29, 0.717) is 5.56 Å². The molecular formula is C13H11N3O4. The highest BCUT2D eigenvalue weighted by Crippen LogP contribution is 2.05. The molecule has 20 heavy (non-hydrogen) atoms. The van der Waals surface area contributed by atoms with Gasteiger partial charge in [0, 0.05) is 11.6 Å². The van der Waals surface area contributed by atoms with Crippen molar-refractivity contribution in [1.82, 2.24) is 9.78 Å². The lowest BCUT2D eigenvalue weighted by Gasteiger charge is -2.06. The van der Waals surface area contributed by atoms with Crippen LogP contribution >= 0.6 is 0 Å². The van der Waals surface area contributed by atoms with Gasteiger partial charge < -0.3 is 10.4 Å². The van der Waals surface area contributed by atoms with Gasteiger partial charge in [0.25, 0.3) is 11.5 Å². The zero-order valence-electron chi connectivity index (χ0n) is 10.3. The number of carboxylic acids is 1. The van der Waals surface area contributed by atoms with Crippen LogP contribution in [0.3, 0.4) is 0 Å². The van der Waals surface area contributed by atoms with E-state index in [2.05, 4.69) is 10.4 Å². The number of rotatable bonds is 4. The molecule has 1 aromatic carbocycles. The van der Waals surface area contributed by atoms with Crippen molar-refractivity contribution < 1.29 is 14.7 Å². The van der Waals surface area contributed by atoms with Gasteiger partial charge in [-0.3, -0.25) is 14.4 Å². The Kier molecular flexibility index (Phi) is 3.90. The highest BCUT2D eigenvalue weighted by Gasteiger charge is 2.08. The summed E-state index contributed by atoms with van der Waals surface area (Å²) < 4.78 is 0.792. The Morgan fingerprint density at radius 1 is 1.25 bits per heavy atom. The molecule has 1 aromatic heterocycles. The molecule has 0 atom stereocenters. The summed E-state index contributed by atoms with van der Waals surface area (Å²) in [5, 5.41) is 14.8. The van der Waals surface area contributed by atoms with Crippen molar-refractivity contribution in [3.63, 3.8) is 0 Å². The third kappa shape index (κ3) is 3.29. The van der Waals surface area contributed by atoms with Gasteiger partial charge in [-0.05, 0) is 12.1 Å². The lowest BCUT2D eigenvalue weighted by Crippen LogP contribution is -2.26. The third-order valence-corrected chi connectivity index (χ3v) is 2.45. The van der Waals surface area contributed by atoms with Gasteiger partial charge in [0.05, 0.1) is 11.9 Å². The van der Waals surface area contributed by atoms with E-state index in [0.717, 1.165) is 10.7 Å². The average molecular weight is 273 g/mol. The molecule has 0 fully saturated rings. The molecule has 0 aliphatic rings. The molecule has 0 aliphatic carbocycles. The van der Waals surface area contributed by atoms with Crippen molar-refractivity contribution in [2.45, 2.75) is 6.54 Å². The van der Waals surface area contributed by atoms with E-state index in [4.69, 9.17) is 5.11 Å². The van der Waals surface area contributed by atoms with E-state index >= 15 is 0 Å². The number of nitrogens with zero attached hydrogens (tertiary/aromatic N) is 2. The number of hydrogen-bond donors (Lipinski definition) is 2. The fourth-order valence-electron chi connectivity index (χ4n) is 1.54. The second-order valence-electron chi connectivity index (χ2n) is 3.95. The first-order chi connectivity index (χ1) is 9.56. The van der Waals surface area contributed by atoms with Crippen LogP contribution in [0.25, 0.3) is 0 Å². The maximum atomic E-state index is 11.8. The van der Waals surface area contributed by atoms with Gasteiger partial charge in [0.15, 0.2) is 0 Å². The lowest BCUT2D eigenvalue weighted by atomic mass is 10.2. The Bertz CT molecular complexity index is 694. The number of carbonyl (C=O) groups excluding carboxylic acids is 1. The van der Waals surface area contributed by atoms with E-state index in [1.807, 2.05) is 0 Å². The molecule has 0 spiro atoms. The molecule has 102 valence electrons. The molecular weight excluding hydrogens is 262 g/mol. The van der Waals surface area contributed by atoms with Gasteiger partial charge in [-0.15, -0.1) is 0 Å². The highest BCUT2D eigenvalue weighted by molar-refractivity contribution is 6.04. The highest BCUT2D eigenvalue weighted by atomic mass is 16.4. The minimum Gasteiger partial charge on any atom is -0.480 e. The number of anilines is 1. The quantitative estimate of drug-likeness (QED) is 0.848. The van der Waals surface area contributed by atoms with Gasteiger partial charge in [0.1, 0.15) is 6.54 Å². The van der Waals surface area contributed by atoms with E-state index in [9.17, 15) is 14.4 Å². The monoisotopic (exact) mass is 273 g/mol. The van der Waals surface area contributed by atoms with Crippen LogP contribution in [0, 0.1) is 0 Å². The molecule has 0 bridgehead atoms. The average Bonchev–Trinajstić information content (AvgIpc) is 2.42. The molecule has 7 heteroatoms. The minimum atomic E-state index is -1.17. The summed E-state index contributed by atoms with van der Waals surface area (Å²) in [6.45, 7) is -0.522. The Labute approximate surface area is 113 Å². The van der Waals surface area contributed by atoms with Crippen molar-refractivity contribution in [2.75, 3.05) is 5.32 Å². The van der Waals surface area contributed by atoms with E-state index in [1.54, 1.807) is 30.3 Å². The van der Waals surface area contributed by atoms with Gasteiger partial charge in [-0.25, -0.2) is 4.68 Å². The second-order valence-corrected chi connectivity index (χ2v) is 3.95. The summed E-state index contributed by atoms with van der Waals surface area (Å²) in [5.74, 6) is -1.54. The van der Waals surface area contributed by atoms with Gasteiger partial charge in [0.2, 0.25) is 0 Å². The number of amides is 1. The van der Waals surface area contributed by atoms with Crippen molar-refractivity contribution in [2.24, 2.45) is 0 Å². The molecule has 1 amide bonds. The summed E-state index contributed by atoms with van der Waals surface area (Å²) >= 11 is 0. The second kappa shape index (κ2) is 5.79. The largest absolute Gasteiger partial charge is 0.480 e. The van der Waals surface area contributed by atoms with Crippen LogP contribution in [-0.4, -0.2) is 26.8 Å². The van der Waals surface area contributed by atoms with Crippen molar-refractivity contribution >= 4 is 17.6 Å². The van der Waals surface area contributed by atoms with Crippen molar-refractivity contribution in [3.8, 4) is 0 Å². The lowest BCUT2D eigenvalue weighted by molar-refractivity contribution is -0.138. The van der Waals surface area contributed by atoms with Crippen LogP contribution in [0.1, 0.15) is 10.4 Å². The van der Waals surface area contributed by atoms with Crippen LogP contribution in [0.4, 0.5) is 5.69 Å². The maximum Gasteiger partial charge on any atom is 0.325 e. The number of carbonyl (C=O) groups is 2. The zero-order chi connectivity index (χ0) is 14.5. The summed E-state index contributed by atoms with van der Waals surface area (Å²) in [6, 6.07) is 9.61. The van der Waals surface area contributed by atoms with E-state index in [-0.39, 0.29) is 11.6 Å². The first-order valence-electron chi connectivity index (χ1n) is 5.71. The number of nitrogens with one attached hydrogen (secondary N) is 1. The molecule has 2 N–H and O–H groups in total. The smallest absolute Gasteiger partial charge is 0.325 e. The number of aliphatic carboxylic acids is 1. The first kappa shape index (κ1) is 13.5. The molecule has 0 aliphatic heterocycles. The molecule has 0 saturated heterocycles. The molecule has 0 saturated carbocycles. The van der Waals surface area contributed by atoms with Crippen LogP contribution in [0.2, 0.25) is 0 Å². The maximum absolute atomic E-state index is 11.8. The van der Waals surface area contributed by atoms with Crippen LogP contribution in [0.15, 0.2) is 47.4 Å². The molecule has 1 heterocycles. The van der Waals surface area contributed by atoms with Gasteiger partial charge >= 0.3 is 5.97 Å². The van der Waals surface area contributed by atoms with Crippen molar-refractivity contribution in [3.05, 3.63) is 58.5 Å². The topological polar surface area (TPSA) is 101 Å². The predicted molar refractivity (Wildman–Crippen MR) is 70.5 cm³/mol. The minimum absolute atomic E-state index is 0.213. The Morgan fingerprint density at radius 2 is 1.95 bits per heavy atom. The van der Waals surface area contributed by atoms with Gasteiger partial charge in [-0.2, -0.15) is 5.10 Å². The third-order valence-electron chi connectivity index (χ3n) is 2.45. The van der Waals surface area contributed by atoms with Crippen LogP contribution in [0.5, 0.6) is 0 Å². The number of carboxylic acid groups (broad SMARTS) is 1. The normalized spacial score (nSPS) is 10.0. The molecule has 2 rings (SSSR count). The SMILES string of the molecule is O=C(O)Cn1ncc(NC(=O)c2ccccc2)cc1=O. The fourth-order valence-corrected chi connectivity index (χ4v) is 1.54. The summed E-state index contributed by atoms with van der Waals surface area (Å²) in [5.41, 5.74) is 0.0611. The van der Waals surface area contributed by atoms with Crippen LogP contribution in [-0.2, 0) is 11.3 Å². The predicted octanol–water partition coefficient (Wildman–Crippen LogP) is 0.580. The molecule has 2 aromatic rings. The Morgan fingerprint density at radius 3 is 2.55 bits per heavy atom. The fraction of sp³-hybridized carbons (Fsp3) is 0.0769. The number of aromatic nitrogens is 2. The zero-order valence-corrected chi connectivity index (χ0v) is 10.3. The van der Waals surface area contributed by atoms with E-state index < -0.39 is 18.1 Å². The number of hydrogen-bond acceptors (Lipinski definition) is 4. The van der Waals surface area contributed by atoms with E-state index in [1.165, 1.54) is 6.20 Å². The summed E-state index contributed by atoms with van der Waals surface area (Å²) in [4.78, 5) is 33.9. The van der Waals surface area contributed by atoms with Crippen LogP contribution < -0.4 is 10.9 Å². The molecule has 0 unspecified atom stereocenters. The number of benzene rings is 1. The first-order valence-corrected chi connectivity index (χ1v) is 5.71. The molecule has 7 nitrogen and oxygen atoms in total. The standard InChI is InChI=1S/C13H11N3O4/c17-11-6-10(7-14-16(11)8-12(18)19)15-13(20)9-4-2-1-3-5-9/h1-7H,8H2,(H,15,20)(H,18,19). The Hall–Kier alpha value is -2.96.